The zero-order valence-corrected chi connectivity index (χ0v) is 11.3. The van der Waals surface area contributed by atoms with Crippen LogP contribution in [0.5, 0.6) is 0 Å². The molecule has 19 heavy (non-hydrogen) atoms. The molecule has 0 aromatic rings. The molecule has 3 aliphatic rings. The zero-order chi connectivity index (χ0) is 13.7. The Morgan fingerprint density at radius 1 is 1.37 bits per heavy atom. The second-order valence-corrected chi connectivity index (χ2v) is 6.40. The smallest absolute Gasteiger partial charge is 0.309 e. The second-order valence-electron chi connectivity index (χ2n) is 6.40. The number of carbonyl (C=O) groups is 1. The van der Waals surface area contributed by atoms with Gasteiger partial charge in [0.1, 0.15) is 6.10 Å². The number of ether oxygens (including phenoxy) is 1. The molecule has 0 bridgehead atoms. The molecule has 0 spiro atoms. The average molecular weight is 266 g/mol. The molecular weight excluding hydrogens is 244 g/mol. The Kier molecular flexibility index (Phi) is 3.18. The quantitative estimate of drug-likeness (QED) is 0.551. The van der Waals surface area contributed by atoms with Crippen LogP contribution in [-0.2, 0) is 9.53 Å². The van der Waals surface area contributed by atoms with E-state index in [0.717, 1.165) is 18.4 Å². The highest BCUT2D eigenvalue weighted by Crippen LogP contribution is 2.52. The third kappa shape index (κ3) is 1.84. The van der Waals surface area contributed by atoms with Gasteiger partial charge in [0.05, 0.1) is 12.0 Å². The van der Waals surface area contributed by atoms with Gasteiger partial charge in [0.2, 0.25) is 0 Å². The Balaban J connectivity index is 1.98. The van der Waals surface area contributed by atoms with Gasteiger partial charge < -0.3 is 14.9 Å². The molecule has 1 saturated heterocycles. The fourth-order valence-electron chi connectivity index (χ4n) is 4.50. The number of aliphatic hydroxyl groups excluding tert-OH is 2. The highest BCUT2D eigenvalue weighted by atomic mass is 16.6. The molecule has 1 aliphatic heterocycles. The van der Waals surface area contributed by atoms with Crippen LogP contribution in [0.4, 0.5) is 0 Å². The van der Waals surface area contributed by atoms with Gasteiger partial charge in [-0.1, -0.05) is 19.1 Å². The number of fused-ring (bicyclic) bond motifs is 3. The predicted molar refractivity (Wildman–Crippen MR) is 69.1 cm³/mol. The number of aliphatic hydroxyl groups is 2. The Bertz CT molecular complexity index is 405. The second kappa shape index (κ2) is 4.60. The van der Waals surface area contributed by atoms with Crippen LogP contribution in [0.2, 0.25) is 0 Å². The van der Waals surface area contributed by atoms with E-state index in [4.69, 9.17) is 4.74 Å². The van der Waals surface area contributed by atoms with E-state index in [1.807, 2.05) is 6.92 Å². The van der Waals surface area contributed by atoms with E-state index in [2.05, 4.69) is 6.58 Å². The lowest BCUT2D eigenvalue weighted by atomic mass is 9.77. The number of rotatable bonds is 1. The van der Waals surface area contributed by atoms with Gasteiger partial charge in [-0.05, 0) is 31.1 Å². The molecule has 2 aliphatic carbocycles. The highest BCUT2D eigenvalue weighted by molar-refractivity contribution is 5.75. The van der Waals surface area contributed by atoms with Crippen LogP contribution < -0.4 is 0 Å². The summed E-state index contributed by atoms with van der Waals surface area (Å²) >= 11 is 0. The maximum atomic E-state index is 11.8. The van der Waals surface area contributed by atoms with Crippen LogP contribution >= 0.6 is 0 Å². The Morgan fingerprint density at radius 3 is 2.79 bits per heavy atom. The molecule has 106 valence electrons. The number of hydrogen-bond donors (Lipinski definition) is 2. The van der Waals surface area contributed by atoms with Crippen LogP contribution in [-0.4, -0.2) is 35.0 Å². The molecule has 0 aromatic heterocycles. The standard InChI is InChI=1S/C15H22O4/c1-7-5-11(17)12-8(2)15(18)19-14(12)13-9(6-16)3-4-10(7)13/h8-14,16-17H,1,3-6H2,2H3. The normalized spacial score (nSPS) is 49.5. The third-order valence-electron chi connectivity index (χ3n) is 5.49. The van der Waals surface area contributed by atoms with E-state index in [1.165, 1.54) is 0 Å². The molecule has 3 rings (SSSR count). The first-order valence-electron chi connectivity index (χ1n) is 7.21. The molecule has 3 fully saturated rings. The summed E-state index contributed by atoms with van der Waals surface area (Å²) in [5.41, 5.74) is 1.06. The largest absolute Gasteiger partial charge is 0.461 e. The van der Waals surface area contributed by atoms with Gasteiger partial charge in [0, 0.05) is 18.4 Å². The minimum atomic E-state index is -0.552. The van der Waals surface area contributed by atoms with Crippen LogP contribution in [0.15, 0.2) is 12.2 Å². The topological polar surface area (TPSA) is 66.8 Å². The van der Waals surface area contributed by atoms with Crippen molar-refractivity contribution in [3.05, 3.63) is 12.2 Å². The van der Waals surface area contributed by atoms with Crippen molar-refractivity contribution in [2.45, 2.75) is 38.4 Å². The van der Waals surface area contributed by atoms with E-state index in [0.29, 0.717) is 6.42 Å². The number of hydrogen-bond acceptors (Lipinski definition) is 4. The monoisotopic (exact) mass is 266 g/mol. The molecule has 4 nitrogen and oxygen atoms in total. The van der Waals surface area contributed by atoms with Crippen molar-refractivity contribution in [2.24, 2.45) is 29.6 Å². The van der Waals surface area contributed by atoms with Crippen molar-refractivity contribution in [1.29, 1.82) is 0 Å². The molecular formula is C15H22O4. The highest BCUT2D eigenvalue weighted by Gasteiger charge is 2.56. The number of carbonyl (C=O) groups excluding carboxylic acids is 1. The first kappa shape index (κ1) is 13.1. The maximum absolute atomic E-state index is 11.8. The van der Waals surface area contributed by atoms with E-state index >= 15 is 0 Å². The Hall–Kier alpha value is -0.870. The third-order valence-corrected chi connectivity index (χ3v) is 5.49. The number of esters is 1. The van der Waals surface area contributed by atoms with Crippen molar-refractivity contribution < 1.29 is 19.7 Å². The summed E-state index contributed by atoms with van der Waals surface area (Å²) in [6, 6.07) is 0. The van der Waals surface area contributed by atoms with Gasteiger partial charge in [-0.2, -0.15) is 0 Å². The first-order chi connectivity index (χ1) is 9.04. The van der Waals surface area contributed by atoms with Crippen molar-refractivity contribution in [3.63, 3.8) is 0 Å². The zero-order valence-electron chi connectivity index (χ0n) is 11.3. The predicted octanol–water partition coefficient (Wildman–Crippen LogP) is 1.12. The lowest BCUT2D eigenvalue weighted by molar-refractivity contribution is -0.146. The maximum Gasteiger partial charge on any atom is 0.309 e. The molecule has 0 radical (unpaired) electrons. The SMILES string of the molecule is C=C1CC(O)C2C(C)C(=O)OC2C2C(CO)CCC12. The molecule has 1 heterocycles. The summed E-state index contributed by atoms with van der Waals surface area (Å²) in [5, 5.41) is 19.9. The average Bonchev–Trinajstić information content (AvgIpc) is 2.88. The molecule has 2 N–H and O–H groups in total. The van der Waals surface area contributed by atoms with E-state index in [-0.39, 0.29) is 48.3 Å². The summed E-state index contributed by atoms with van der Waals surface area (Å²) in [4.78, 5) is 11.8. The summed E-state index contributed by atoms with van der Waals surface area (Å²) < 4.78 is 5.57. The Morgan fingerprint density at radius 2 is 2.11 bits per heavy atom. The van der Waals surface area contributed by atoms with Crippen LogP contribution in [0.1, 0.15) is 26.2 Å². The van der Waals surface area contributed by atoms with Crippen molar-refractivity contribution in [1.82, 2.24) is 0 Å². The van der Waals surface area contributed by atoms with Crippen LogP contribution in [0.3, 0.4) is 0 Å². The summed E-state index contributed by atoms with van der Waals surface area (Å²) in [5.74, 6) is -0.0344. The molecule has 0 amide bonds. The van der Waals surface area contributed by atoms with Crippen molar-refractivity contribution >= 4 is 5.97 Å². The van der Waals surface area contributed by atoms with Gasteiger partial charge in [-0.25, -0.2) is 0 Å². The fourth-order valence-corrected chi connectivity index (χ4v) is 4.50. The minimum absolute atomic E-state index is 0.125. The van der Waals surface area contributed by atoms with E-state index in [9.17, 15) is 15.0 Å². The lowest BCUT2D eigenvalue weighted by Gasteiger charge is -2.30. The minimum Gasteiger partial charge on any atom is -0.461 e. The van der Waals surface area contributed by atoms with Crippen molar-refractivity contribution in [2.75, 3.05) is 6.61 Å². The molecule has 2 saturated carbocycles. The van der Waals surface area contributed by atoms with Gasteiger partial charge in [-0.3, -0.25) is 4.79 Å². The molecule has 7 atom stereocenters. The first-order valence-corrected chi connectivity index (χ1v) is 7.21. The fraction of sp³-hybridized carbons (Fsp3) is 0.800. The van der Waals surface area contributed by atoms with Gasteiger partial charge in [-0.15, -0.1) is 0 Å². The van der Waals surface area contributed by atoms with E-state index in [1.54, 1.807) is 0 Å². The molecule has 0 aromatic carbocycles. The van der Waals surface area contributed by atoms with Gasteiger partial charge in [0.25, 0.3) is 0 Å². The Labute approximate surface area is 113 Å². The van der Waals surface area contributed by atoms with Gasteiger partial charge >= 0.3 is 5.97 Å². The van der Waals surface area contributed by atoms with E-state index < -0.39 is 6.10 Å². The van der Waals surface area contributed by atoms with Gasteiger partial charge in [0.15, 0.2) is 0 Å². The molecule has 7 unspecified atom stereocenters. The summed E-state index contributed by atoms with van der Waals surface area (Å²) in [6.45, 7) is 6.09. The van der Waals surface area contributed by atoms with Crippen LogP contribution in [0.25, 0.3) is 0 Å². The van der Waals surface area contributed by atoms with Crippen LogP contribution in [0, 0.1) is 29.6 Å². The van der Waals surface area contributed by atoms with Crippen molar-refractivity contribution in [3.8, 4) is 0 Å². The summed E-state index contributed by atoms with van der Waals surface area (Å²) in [6.07, 6.45) is 1.69. The summed E-state index contributed by atoms with van der Waals surface area (Å²) in [7, 11) is 0. The molecule has 4 heteroatoms. The lowest BCUT2D eigenvalue weighted by Crippen LogP contribution is -2.37.